The smallest absolute Gasteiger partial charge is 0.410 e. The molecule has 0 unspecified atom stereocenters. The van der Waals surface area contributed by atoms with Crippen molar-refractivity contribution in [2.45, 2.75) is 58.3 Å². The van der Waals surface area contributed by atoms with Crippen LogP contribution in [0.5, 0.6) is 0 Å². The van der Waals surface area contributed by atoms with Crippen molar-refractivity contribution >= 4 is 45.0 Å². The molecule has 0 saturated heterocycles. The van der Waals surface area contributed by atoms with Gasteiger partial charge in [0.15, 0.2) is 9.84 Å². The number of amides is 4. The highest BCUT2D eigenvalue weighted by Gasteiger charge is 2.40. The molecule has 1 aromatic rings. The summed E-state index contributed by atoms with van der Waals surface area (Å²) in [7, 11) is -2.35. The van der Waals surface area contributed by atoms with Gasteiger partial charge in [0.05, 0.1) is 29.0 Å². The Morgan fingerprint density at radius 2 is 1.92 bits per heavy atom. The predicted molar refractivity (Wildman–Crippen MR) is 132 cm³/mol. The minimum absolute atomic E-state index is 0.114. The number of anilines is 2. The van der Waals surface area contributed by atoms with Crippen molar-refractivity contribution in [3.05, 3.63) is 23.8 Å². The van der Waals surface area contributed by atoms with Gasteiger partial charge in [0.2, 0.25) is 17.7 Å². The quantitative estimate of drug-likeness (QED) is 0.579. The number of nitrogens with one attached hydrogen (secondary N) is 2. The summed E-state index contributed by atoms with van der Waals surface area (Å²) < 4.78 is 29.0. The highest BCUT2D eigenvalue weighted by atomic mass is 32.2. The van der Waals surface area contributed by atoms with E-state index in [2.05, 4.69) is 10.6 Å². The number of nitrogens with zero attached hydrogens (tertiary/aromatic N) is 3. The van der Waals surface area contributed by atoms with E-state index in [1.165, 1.54) is 39.1 Å². The van der Waals surface area contributed by atoms with E-state index < -0.39 is 63.1 Å². The number of hydrogen-bond donors (Lipinski definition) is 2. The average molecular weight is 522 g/mol. The molecule has 0 aromatic heterocycles. The third-order valence-corrected chi connectivity index (χ3v) is 6.18. The highest BCUT2D eigenvalue weighted by Crippen LogP contribution is 2.33. The van der Waals surface area contributed by atoms with E-state index in [4.69, 9.17) is 4.74 Å². The summed E-state index contributed by atoms with van der Waals surface area (Å²) in [6.07, 6.45) is 0.161. The van der Waals surface area contributed by atoms with Crippen molar-refractivity contribution in [1.82, 2.24) is 10.2 Å². The molecule has 3 atom stereocenters. The van der Waals surface area contributed by atoms with Crippen LogP contribution >= 0.6 is 0 Å². The lowest BCUT2D eigenvalue weighted by molar-refractivity contribution is -0.130. The summed E-state index contributed by atoms with van der Waals surface area (Å²) in [4.78, 5) is 53.8. The van der Waals surface area contributed by atoms with Crippen LogP contribution in [0, 0.1) is 11.3 Å². The van der Waals surface area contributed by atoms with Gasteiger partial charge >= 0.3 is 6.09 Å². The third kappa shape index (κ3) is 6.94. The van der Waals surface area contributed by atoms with Gasteiger partial charge in [-0.25, -0.2) is 13.2 Å². The molecule has 2 rings (SSSR count). The first-order valence-electron chi connectivity index (χ1n) is 11.1. The number of ether oxygens (including phenoxy) is 1. The number of likely N-dealkylation sites (N-methyl/N-ethyl adjacent to an activating group) is 1. The van der Waals surface area contributed by atoms with Gasteiger partial charge in [-0.3, -0.25) is 19.3 Å². The fourth-order valence-corrected chi connectivity index (χ4v) is 4.08. The lowest BCUT2D eigenvalue weighted by Crippen LogP contribution is -2.59. The van der Waals surface area contributed by atoms with E-state index >= 15 is 0 Å². The van der Waals surface area contributed by atoms with E-state index in [1.54, 1.807) is 20.8 Å². The normalized spacial score (nSPS) is 18.6. The van der Waals surface area contributed by atoms with Crippen molar-refractivity contribution in [1.29, 1.82) is 5.26 Å². The maximum absolute atomic E-state index is 13.1. The number of carbonyl (C=O) groups excluding carboxylic acids is 4. The summed E-state index contributed by atoms with van der Waals surface area (Å²) in [6.45, 7) is 7.97. The number of fused-ring (bicyclic) bond motifs is 1. The first-order valence-corrected chi connectivity index (χ1v) is 13.1. The van der Waals surface area contributed by atoms with Crippen LogP contribution in [0.25, 0.3) is 0 Å². The van der Waals surface area contributed by atoms with Gasteiger partial charge < -0.3 is 20.3 Å². The van der Waals surface area contributed by atoms with Crippen molar-refractivity contribution in [3.8, 4) is 6.07 Å². The van der Waals surface area contributed by atoms with Crippen molar-refractivity contribution < 1.29 is 32.3 Å². The van der Waals surface area contributed by atoms with Gasteiger partial charge in [-0.05, 0) is 52.8 Å². The zero-order valence-corrected chi connectivity index (χ0v) is 22.1. The van der Waals surface area contributed by atoms with Gasteiger partial charge in [-0.1, -0.05) is 0 Å². The van der Waals surface area contributed by atoms with Crippen LogP contribution in [0.15, 0.2) is 18.2 Å². The number of rotatable bonds is 5. The molecule has 1 heterocycles. The number of carbonyl (C=O) groups is 4. The van der Waals surface area contributed by atoms with Crippen molar-refractivity contribution in [2.75, 3.05) is 29.3 Å². The number of hydrogen-bond acceptors (Lipinski definition) is 8. The summed E-state index contributed by atoms with van der Waals surface area (Å²) in [6, 6.07) is 2.76. The van der Waals surface area contributed by atoms with Crippen molar-refractivity contribution in [2.24, 2.45) is 0 Å². The van der Waals surface area contributed by atoms with Gasteiger partial charge in [-0.15, -0.1) is 0 Å². The Hall–Kier alpha value is -3.66. The lowest BCUT2D eigenvalue weighted by atomic mass is 10.1. The van der Waals surface area contributed by atoms with Crippen LogP contribution in [0.1, 0.15) is 40.2 Å². The molecule has 0 fully saturated rings. The second-order valence-corrected chi connectivity index (χ2v) is 11.8. The van der Waals surface area contributed by atoms with E-state index in [1.807, 2.05) is 6.07 Å². The Morgan fingerprint density at radius 1 is 1.31 bits per heavy atom. The Morgan fingerprint density at radius 3 is 2.44 bits per heavy atom. The average Bonchev–Trinajstić information content (AvgIpc) is 2.83. The fraction of sp³-hybridized carbons (Fsp3) is 0.522. The number of benzene rings is 1. The Kier molecular flexibility index (Phi) is 8.36. The van der Waals surface area contributed by atoms with Crippen molar-refractivity contribution in [3.63, 3.8) is 0 Å². The number of sulfone groups is 1. The second-order valence-electron chi connectivity index (χ2n) is 9.66. The maximum atomic E-state index is 13.1. The topological polar surface area (TPSA) is 166 Å². The second kappa shape index (κ2) is 10.5. The molecule has 1 aliphatic rings. The first-order chi connectivity index (χ1) is 16.4. The Bertz CT molecular complexity index is 1220. The standard InChI is InChI=1S/C23H31N5O7S/c1-13-19(26-20(30)14(2)27(6)22(32)35-23(3,4)5)21(31)25-16-10-15(11-24)8-9-17(16)28(13)18(29)12-36(7,33)34/h8-10,13-14,19H,12H2,1-7H3,(H,25,31)(H,26,30)/t13-,14-,19-/m0/s1. The van der Waals surface area contributed by atoms with Crippen LogP contribution in [0.2, 0.25) is 0 Å². The molecule has 0 radical (unpaired) electrons. The molecule has 12 nitrogen and oxygen atoms in total. The minimum Gasteiger partial charge on any atom is -0.444 e. The molecule has 36 heavy (non-hydrogen) atoms. The van der Waals surface area contributed by atoms with E-state index in [-0.39, 0.29) is 16.9 Å². The minimum atomic E-state index is -3.72. The molecule has 196 valence electrons. The maximum Gasteiger partial charge on any atom is 0.410 e. The molecule has 0 spiro atoms. The zero-order valence-electron chi connectivity index (χ0n) is 21.3. The molecule has 4 amide bonds. The Balaban J connectivity index is 2.41. The molecule has 13 heteroatoms. The summed E-state index contributed by atoms with van der Waals surface area (Å²) in [5, 5.41) is 14.4. The number of nitriles is 1. The molecule has 0 saturated carbocycles. The first kappa shape index (κ1) is 28.6. The third-order valence-electron chi connectivity index (χ3n) is 5.41. The van der Waals surface area contributed by atoms with Gasteiger partial charge in [0.25, 0.3) is 0 Å². The molecular weight excluding hydrogens is 490 g/mol. The largest absolute Gasteiger partial charge is 0.444 e. The van der Waals surface area contributed by atoms with E-state index in [9.17, 15) is 32.9 Å². The van der Waals surface area contributed by atoms with Crippen LogP contribution < -0.4 is 15.5 Å². The molecule has 0 aliphatic carbocycles. The van der Waals surface area contributed by atoms with Crippen LogP contribution in [0.4, 0.5) is 16.2 Å². The SMILES string of the molecule is C[C@@H](C(=O)N[C@@H]1C(=O)Nc2cc(C#N)ccc2N(C(=O)CS(C)(=O)=O)[C@H]1C)N(C)C(=O)OC(C)(C)C. The fourth-order valence-electron chi connectivity index (χ4n) is 3.50. The van der Waals surface area contributed by atoms with E-state index in [0.29, 0.717) is 0 Å². The summed E-state index contributed by atoms with van der Waals surface area (Å²) >= 11 is 0. The molecular formula is C23H31N5O7S. The zero-order chi connectivity index (χ0) is 27.6. The van der Waals surface area contributed by atoms with Crippen LogP contribution in [-0.4, -0.2) is 79.9 Å². The molecule has 1 aromatic carbocycles. The van der Waals surface area contributed by atoms with Crippen LogP contribution in [-0.2, 0) is 29.0 Å². The monoisotopic (exact) mass is 521 g/mol. The summed E-state index contributed by atoms with van der Waals surface area (Å²) in [5.74, 6) is -3.03. The van der Waals surface area contributed by atoms with Gasteiger partial charge in [0, 0.05) is 13.3 Å². The van der Waals surface area contributed by atoms with Gasteiger partial charge in [-0.2, -0.15) is 5.26 Å². The van der Waals surface area contributed by atoms with E-state index in [0.717, 1.165) is 16.1 Å². The lowest BCUT2D eigenvalue weighted by Gasteiger charge is -2.33. The van der Waals surface area contributed by atoms with Crippen LogP contribution in [0.3, 0.4) is 0 Å². The highest BCUT2D eigenvalue weighted by molar-refractivity contribution is 7.91. The molecule has 0 bridgehead atoms. The molecule has 2 N–H and O–H groups in total. The van der Waals surface area contributed by atoms with Gasteiger partial charge in [0.1, 0.15) is 23.4 Å². The summed E-state index contributed by atoms with van der Waals surface area (Å²) in [5.41, 5.74) is -0.291. The predicted octanol–water partition coefficient (Wildman–Crippen LogP) is 1.02. The Labute approximate surface area is 210 Å². The molecule has 1 aliphatic heterocycles.